The third-order valence-corrected chi connectivity index (χ3v) is 5.58. The first-order valence-electron chi connectivity index (χ1n) is 11.6. The molecule has 0 saturated carbocycles. The van der Waals surface area contributed by atoms with E-state index in [0.29, 0.717) is 12.8 Å². The number of carboxylic acid groups (broad SMARTS) is 1. The molecule has 0 aliphatic carbocycles. The van der Waals surface area contributed by atoms with Gasteiger partial charge in [0.1, 0.15) is 11.3 Å². The number of carboxylic acids is 1. The lowest BCUT2D eigenvalue weighted by molar-refractivity contribution is -0.168. The molecule has 0 spiro atoms. The number of aromatic amines is 2. The van der Waals surface area contributed by atoms with Gasteiger partial charge >= 0.3 is 17.6 Å². The van der Waals surface area contributed by atoms with E-state index in [1.165, 1.54) is 5.56 Å². The van der Waals surface area contributed by atoms with Crippen LogP contribution in [0.4, 0.5) is 0 Å². The Morgan fingerprint density at radius 3 is 2.08 bits per heavy atom. The first-order chi connectivity index (χ1) is 17.1. The Morgan fingerprint density at radius 2 is 1.58 bits per heavy atom. The first kappa shape index (κ1) is 28.3. The number of nitrogens with zero attached hydrogens (tertiary/aromatic N) is 1. The molecular formula is C27H33N3O6. The standard InChI is InChI=1S/C22H29NO2.C5H4N2O4/c1-5-21(24)25-22(18(2)17-23(3)4,20-14-10-7-11-15-20)16-19-12-8-6-9-13-19;8-3-1-2(4(9)10)6-5(11)7-3/h6-15,18H,5,16-17H2,1-4H3;1H,(H,9,10)(H2,6,7,8,11)/t18-,22+;/m1./s1. The number of rotatable bonds is 9. The lowest BCUT2D eigenvalue weighted by atomic mass is 9.77. The van der Waals surface area contributed by atoms with Crippen LogP contribution in [0.15, 0.2) is 76.3 Å². The minimum absolute atomic E-state index is 0.139. The Kier molecular flexibility index (Phi) is 10.4. The van der Waals surface area contributed by atoms with E-state index < -0.39 is 28.5 Å². The van der Waals surface area contributed by atoms with Crippen molar-refractivity contribution in [2.75, 3.05) is 20.6 Å². The number of benzene rings is 2. The Balaban J connectivity index is 0.000000346. The number of H-pyrrole nitrogens is 2. The molecule has 0 unspecified atom stereocenters. The second-order valence-corrected chi connectivity index (χ2v) is 8.72. The predicted octanol–water partition coefficient (Wildman–Crippen LogP) is 3.04. The zero-order valence-electron chi connectivity index (χ0n) is 21.0. The minimum Gasteiger partial charge on any atom is -0.477 e. The van der Waals surface area contributed by atoms with E-state index in [1.54, 1.807) is 0 Å². The molecule has 0 radical (unpaired) electrons. The van der Waals surface area contributed by atoms with Gasteiger partial charge in [0.2, 0.25) is 0 Å². The van der Waals surface area contributed by atoms with E-state index in [1.807, 2.05) is 53.3 Å². The highest BCUT2D eigenvalue weighted by molar-refractivity contribution is 5.84. The van der Waals surface area contributed by atoms with Crippen molar-refractivity contribution < 1.29 is 19.4 Å². The van der Waals surface area contributed by atoms with Crippen molar-refractivity contribution in [2.45, 2.75) is 32.3 Å². The van der Waals surface area contributed by atoms with Gasteiger partial charge in [0.25, 0.3) is 5.56 Å². The molecule has 0 saturated heterocycles. The maximum absolute atomic E-state index is 12.3. The smallest absolute Gasteiger partial charge is 0.352 e. The average molecular weight is 496 g/mol. The molecule has 2 aromatic carbocycles. The largest absolute Gasteiger partial charge is 0.477 e. The van der Waals surface area contributed by atoms with E-state index >= 15 is 0 Å². The molecule has 3 N–H and O–H groups in total. The topological polar surface area (TPSA) is 133 Å². The molecule has 0 bridgehead atoms. The van der Waals surface area contributed by atoms with Crippen LogP contribution in [0.25, 0.3) is 0 Å². The number of esters is 1. The third-order valence-electron chi connectivity index (χ3n) is 5.58. The van der Waals surface area contributed by atoms with Crippen LogP contribution in [0.2, 0.25) is 0 Å². The summed E-state index contributed by atoms with van der Waals surface area (Å²) in [7, 11) is 4.10. The van der Waals surface area contributed by atoms with Gasteiger partial charge in [-0.15, -0.1) is 0 Å². The van der Waals surface area contributed by atoms with Crippen LogP contribution in [-0.4, -0.2) is 52.6 Å². The fourth-order valence-electron chi connectivity index (χ4n) is 3.93. The van der Waals surface area contributed by atoms with E-state index in [9.17, 15) is 19.2 Å². The number of aromatic nitrogens is 2. The SMILES string of the molecule is CCC(=O)O[C@](Cc1ccccc1)(c1ccccc1)[C@H](C)CN(C)C.O=C(O)c1cc(=O)[nH]c(=O)[nH]1. The van der Waals surface area contributed by atoms with Crippen LogP contribution in [0.1, 0.15) is 41.9 Å². The van der Waals surface area contributed by atoms with Gasteiger partial charge in [-0.05, 0) is 25.2 Å². The summed E-state index contributed by atoms with van der Waals surface area (Å²) in [5.41, 5.74) is -0.435. The second-order valence-electron chi connectivity index (χ2n) is 8.72. The van der Waals surface area contributed by atoms with Crippen molar-refractivity contribution in [3.8, 4) is 0 Å². The van der Waals surface area contributed by atoms with Gasteiger partial charge in [0.05, 0.1) is 0 Å². The maximum atomic E-state index is 12.3. The van der Waals surface area contributed by atoms with Gasteiger partial charge in [-0.1, -0.05) is 74.5 Å². The molecular weight excluding hydrogens is 462 g/mol. The van der Waals surface area contributed by atoms with Crippen LogP contribution >= 0.6 is 0 Å². The van der Waals surface area contributed by atoms with Gasteiger partial charge < -0.3 is 19.7 Å². The average Bonchev–Trinajstić information content (AvgIpc) is 2.84. The zero-order chi connectivity index (χ0) is 26.7. The number of hydrogen-bond acceptors (Lipinski definition) is 6. The Labute approximate surface area is 209 Å². The lowest BCUT2D eigenvalue weighted by Crippen LogP contribution is -2.44. The molecule has 1 heterocycles. The van der Waals surface area contributed by atoms with Gasteiger partial charge in [-0.3, -0.25) is 14.6 Å². The third kappa shape index (κ3) is 8.06. The molecule has 0 fully saturated rings. The number of carbonyl (C=O) groups excluding carboxylic acids is 1. The molecule has 36 heavy (non-hydrogen) atoms. The highest BCUT2D eigenvalue weighted by Gasteiger charge is 2.42. The predicted molar refractivity (Wildman–Crippen MR) is 137 cm³/mol. The van der Waals surface area contributed by atoms with Crippen molar-refractivity contribution in [1.29, 1.82) is 0 Å². The molecule has 9 nitrogen and oxygen atoms in total. The van der Waals surface area contributed by atoms with Crippen LogP contribution in [0.3, 0.4) is 0 Å². The molecule has 3 rings (SSSR count). The number of nitrogens with one attached hydrogen (secondary N) is 2. The molecule has 0 amide bonds. The van der Waals surface area contributed by atoms with E-state index in [-0.39, 0.29) is 11.9 Å². The maximum Gasteiger partial charge on any atom is 0.352 e. The highest BCUT2D eigenvalue weighted by Crippen LogP contribution is 2.38. The Hall–Kier alpha value is -3.98. The molecule has 192 valence electrons. The van der Waals surface area contributed by atoms with E-state index in [2.05, 4.69) is 50.2 Å². The van der Waals surface area contributed by atoms with Crippen molar-refractivity contribution in [1.82, 2.24) is 14.9 Å². The van der Waals surface area contributed by atoms with Crippen LogP contribution in [0, 0.1) is 5.92 Å². The van der Waals surface area contributed by atoms with Gasteiger partial charge in [-0.2, -0.15) is 0 Å². The Bertz CT molecular complexity index is 1210. The van der Waals surface area contributed by atoms with Gasteiger partial charge in [0, 0.05) is 31.4 Å². The van der Waals surface area contributed by atoms with Gasteiger partial charge in [0.15, 0.2) is 0 Å². The molecule has 2 atom stereocenters. The van der Waals surface area contributed by atoms with Crippen molar-refractivity contribution in [3.63, 3.8) is 0 Å². The monoisotopic (exact) mass is 495 g/mol. The zero-order valence-corrected chi connectivity index (χ0v) is 21.0. The molecule has 0 aliphatic rings. The summed E-state index contributed by atoms with van der Waals surface area (Å²) in [5, 5.41) is 8.31. The summed E-state index contributed by atoms with van der Waals surface area (Å²) >= 11 is 0. The minimum atomic E-state index is -1.34. The van der Waals surface area contributed by atoms with Gasteiger partial charge in [-0.25, -0.2) is 9.59 Å². The number of ether oxygens (including phenoxy) is 1. The fourth-order valence-corrected chi connectivity index (χ4v) is 3.93. The molecule has 3 aromatic rings. The summed E-state index contributed by atoms with van der Waals surface area (Å²) in [6, 6.07) is 21.2. The van der Waals surface area contributed by atoms with Crippen LogP contribution in [-0.2, 0) is 21.6 Å². The normalized spacial score (nSPS) is 13.1. The fraction of sp³-hybridized carbons (Fsp3) is 0.333. The van der Waals surface area contributed by atoms with Crippen molar-refractivity contribution >= 4 is 11.9 Å². The summed E-state index contributed by atoms with van der Waals surface area (Å²) in [6.07, 6.45) is 1.04. The number of hydrogen-bond donors (Lipinski definition) is 3. The van der Waals surface area contributed by atoms with E-state index in [0.717, 1.165) is 18.2 Å². The molecule has 1 aromatic heterocycles. The molecule has 0 aliphatic heterocycles. The van der Waals surface area contributed by atoms with Crippen molar-refractivity contribution in [2.24, 2.45) is 5.92 Å². The van der Waals surface area contributed by atoms with Crippen molar-refractivity contribution in [3.05, 3.63) is 104 Å². The summed E-state index contributed by atoms with van der Waals surface area (Å²) < 4.78 is 6.17. The van der Waals surface area contributed by atoms with Crippen LogP contribution < -0.4 is 11.2 Å². The summed E-state index contributed by atoms with van der Waals surface area (Å²) in [6.45, 7) is 4.84. The molecule has 9 heteroatoms. The summed E-state index contributed by atoms with van der Waals surface area (Å²) in [4.78, 5) is 49.4. The highest BCUT2D eigenvalue weighted by atomic mass is 16.6. The Morgan fingerprint density at radius 1 is 1.00 bits per heavy atom. The number of aromatic carboxylic acids is 1. The number of carbonyl (C=O) groups is 2. The van der Waals surface area contributed by atoms with E-state index in [4.69, 9.17) is 9.84 Å². The first-order valence-corrected chi connectivity index (χ1v) is 11.6. The van der Waals surface area contributed by atoms with Crippen LogP contribution in [0.5, 0.6) is 0 Å². The quantitative estimate of drug-likeness (QED) is 0.389. The lowest BCUT2D eigenvalue weighted by Gasteiger charge is -2.40. The second kappa shape index (κ2) is 13.2. The summed E-state index contributed by atoms with van der Waals surface area (Å²) in [5.74, 6) is -1.36.